The molecule has 0 saturated carbocycles. The first-order chi connectivity index (χ1) is 14.3. The lowest BCUT2D eigenvalue weighted by Crippen LogP contribution is -1.93. The van der Waals surface area contributed by atoms with Gasteiger partial charge in [-0.3, -0.25) is 0 Å². The summed E-state index contributed by atoms with van der Waals surface area (Å²) >= 11 is 0. The largest absolute Gasteiger partial charge is 0.481 e. The number of furan rings is 3. The molecule has 3 aromatic heterocycles. The second kappa shape index (κ2) is 8.08. The van der Waals surface area contributed by atoms with E-state index in [9.17, 15) is 5.26 Å². The molecule has 3 heterocycles. The van der Waals surface area contributed by atoms with E-state index < -0.39 is 0 Å². The number of hydrogen-bond acceptors (Lipinski definition) is 6. The fraction of sp³-hybridized carbons (Fsp3) is 0.0435. The highest BCUT2D eigenvalue weighted by atomic mass is 16.5. The van der Waals surface area contributed by atoms with E-state index in [1.807, 2.05) is 12.1 Å². The number of hydrogen-bond donors (Lipinski definition) is 0. The van der Waals surface area contributed by atoms with Crippen molar-refractivity contribution in [3.05, 3.63) is 72.2 Å². The molecule has 0 aliphatic carbocycles. The molecule has 0 N–H and O–H groups in total. The summed E-state index contributed by atoms with van der Waals surface area (Å²) in [4.78, 5) is 4.38. The van der Waals surface area contributed by atoms with Crippen molar-refractivity contribution in [3.8, 4) is 47.0 Å². The van der Waals surface area contributed by atoms with Crippen LogP contribution in [0.4, 0.5) is 5.88 Å². The Morgan fingerprint density at radius 1 is 1.07 bits per heavy atom. The molecule has 0 radical (unpaired) electrons. The third kappa shape index (κ3) is 3.69. The number of nitrogens with zero attached hydrogens (tertiary/aromatic N) is 2. The molecule has 0 atom stereocenters. The van der Waals surface area contributed by atoms with Gasteiger partial charge in [0.05, 0.1) is 18.1 Å². The molecule has 0 bridgehead atoms. The van der Waals surface area contributed by atoms with Crippen LogP contribution in [0.3, 0.4) is 0 Å². The highest BCUT2D eigenvalue weighted by molar-refractivity contribution is 5.87. The van der Waals surface area contributed by atoms with Crippen LogP contribution in [0.5, 0.6) is 5.75 Å². The van der Waals surface area contributed by atoms with Crippen molar-refractivity contribution in [1.82, 2.24) is 0 Å². The van der Waals surface area contributed by atoms with E-state index in [2.05, 4.69) is 17.0 Å². The smallest absolute Gasteiger partial charge is 0.238 e. The van der Waals surface area contributed by atoms with Crippen molar-refractivity contribution >= 4 is 12.1 Å². The van der Waals surface area contributed by atoms with Gasteiger partial charge in [-0.05, 0) is 42.0 Å². The Labute approximate surface area is 166 Å². The molecular formula is C23H14N2O4. The van der Waals surface area contributed by atoms with E-state index >= 15 is 0 Å². The summed E-state index contributed by atoms with van der Waals surface area (Å²) in [7, 11) is 0. The lowest BCUT2D eigenvalue weighted by atomic mass is 10.1. The minimum Gasteiger partial charge on any atom is -0.481 e. The molecule has 29 heavy (non-hydrogen) atoms. The average molecular weight is 382 g/mol. The molecule has 0 amide bonds. The minimum atomic E-state index is 0.153. The highest BCUT2D eigenvalue weighted by Gasteiger charge is 2.25. The fourth-order valence-corrected chi connectivity index (χ4v) is 2.79. The van der Waals surface area contributed by atoms with Gasteiger partial charge in [0, 0.05) is 6.21 Å². The third-order valence-corrected chi connectivity index (χ3v) is 4.03. The number of benzene rings is 1. The van der Waals surface area contributed by atoms with E-state index in [1.165, 1.54) is 12.5 Å². The second-order valence-electron chi connectivity index (χ2n) is 5.88. The van der Waals surface area contributed by atoms with Crippen LogP contribution >= 0.6 is 0 Å². The fourth-order valence-electron chi connectivity index (χ4n) is 2.79. The summed E-state index contributed by atoms with van der Waals surface area (Å²) in [6.07, 6.45) is 9.86. The zero-order valence-electron chi connectivity index (χ0n) is 15.2. The van der Waals surface area contributed by atoms with Crippen LogP contribution in [0.1, 0.15) is 11.1 Å². The zero-order chi connectivity index (χ0) is 20.1. The van der Waals surface area contributed by atoms with Crippen LogP contribution in [-0.4, -0.2) is 12.8 Å². The number of aliphatic imine (C=N–C) groups is 1. The van der Waals surface area contributed by atoms with Gasteiger partial charge in [0.25, 0.3) is 0 Å². The Bertz CT molecular complexity index is 1220. The van der Waals surface area contributed by atoms with Crippen LogP contribution in [0.15, 0.2) is 79.3 Å². The molecule has 4 rings (SSSR count). The SMILES string of the molecule is C#CCOc1cccc(C=Nc2oc(-c3ccco3)c(-c3ccco3)c2C#N)c1. The van der Waals surface area contributed by atoms with Gasteiger partial charge >= 0.3 is 0 Å². The summed E-state index contributed by atoms with van der Waals surface area (Å²) < 4.78 is 22.3. The van der Waals surface area contributed by atoms with E-state index in [-0.39, 0.29) is 18.1 Å². The summed E-state index contributed by atoms with van der Waals surface area (Å²) in [6.45, 7) is 0.177. The average Bonchev–Trinajstić information content (AvgIpc) is 3.50. The van der Waals surface area contributed by atoms with Gasteiger partial charge in [-0.2, -0.15) is 5.26 Å². The number of terminal acetylenes is 1. The van der Waals surface area contributed by atoms with Crippen molar-refractivity contribution in [1.29, 1.82) is 5.26 Å². The maximum Gasteiger partial charge on any atom is 0.238 e. The van der Waals surface area contributed by atoms with Gasteiger partial charge in [-0.15, -0.1) is 6.42 Å². The molecule has 0 aliphatic heterocycles. The van der Waals surface area contributed by atoms with E-state index in [0.29, 0.717) is 28.6 Å². The summed E-state index contributed by atoms with van der Waals surface area (Å²) in [5.41, 5.74) is 1.51. The van der Waals surface area contributed by atoms with Gasteiger partial charge < -0.3 is 18.0 Å². The summed E-state index contributed by atoms with van der Waals surface area (Å²) in [5.74, 6) is 4.53. The Hall–Kier alpha value is -4.42. The van der Waals surface area contributed by atoms with Crippen molar-refractivity contribution in [2.75, 3.05) is 6.61 Å². The highest BCUT2D eigenvalue weighted by Crippen LogP contribution is 2.42. The quantitative estimate of drug-likeness (QED) is 0.328. The molecule has 140 valence electrons. The lowest BCUT2D eigenvalue weighted by Gasteiger charge is -2.02. The summed E-state index contributed by atoms with van der Waals surface area (Å²) in [5, 5.41) is 9.75. The molecule has 0 saturated heterocycles. The maximum atomic E-state index is 9.75. The predicted octanol–water partition coefficient (Wildman–Crippen LogP) is 5.43. The third-order valence-electron chi connectivity index (χ3n) is 4.03. The van der Waals surface area contributed by atoms with E-state index in [4.69, 9.17) is 24.4 Å². The van der Waals surface area contributed by atoms with Crippen molar-refractivity contribution in [3.63, 3.8) is 0 Å². The summed E-state index contributed by atoms with van der Waals surface area (Å²) in [6, 6.07) is 16.4. The van der Waals surface area contributed by atoms with Crippen LogP contribution in [0.2, 0.25) is 0 Å². The van der Waals surface area contributed by atoms with E-state index in [1.54, 1.807) is 42.6 Å². The molecule has 6 heteroatoms. The van der Waals surface area contributed by atoms with Gasteiger partial charge in [-0.25, -0.2) is 4.99 Å². The Balaban J connectivity index is 1.75. The molecule has 0 fully saturated rings. The minimum absolute atomic E-state index is 0.153. The topological polar surface area (TPSA) is 84.8 Å². The molecule has 1 aromatic carbocycles. The van der Waals surface area contributed by atoms with Gasteiger partial charge in [0.2, 0.25) is 5.88 Å². The van der Waals surface area contributed by atoms with Gasteiger partial charge in [0.1, 0.15) is 29.7 Å². The van der Waals surface area contributed by atoms with Crippen LogP contribution < -0.4 is 4.74 Å². The second-order valence-corrected chi connectivity index (χ2v) is 5.88. The first-order valence-electron chi connectivity index (χ1n) is 8.65. The molecule has 6 nitrogen and oxygen atoms in total. The molecular weight excluding hydrogens is 368 g/mol. The van der Waals surface area contributed by atoms with Gasteiger partial charge in [0.15, 0.2) is 11.5 Å². The first-order valence-corrected chi connectivity index (χ1v) is 8.65. The van der Waals surface area contributed by atoms with Crippen molar-refractivity contribution in [2.45, 2.75) is 0 Å². The van der Waals surface area contributed by atoms with Crippen LogP contribution in [0, 0.1) is 23.7 Å². The Morgan fingerprint density at radius 3 is 2.55 bits per heavy atom. The molecule has 0 unspecified atom stereocenters. The normalized spacial score (nSPS) is 10.7. The number of nitriles is 1. The zero-order valence-corrected chi connectivity index (χ0v) is 15.2. The van der Waals surface area contributed by atoms with E-state index in [0.717, 1.165) is 5.56 Å². The predicted molar refractivity (Wildman–Crippen MR) is 107 cm³/mol. The first kappa shape index (κ1) is 18.0. The monoisotopic (exact) mass is 382 g/mol. The molecule has 0 aliphatic rings. The van der Waals surface area contributed by atoms with Crippen molar-refractivity contribution < 1.29 is 18.0 Å². The number of ether oxygens (including phenoxy) is 1. The Kier molecular flexibility index (Phi) is 5.00. The van der Waals surface area contributed by atoms with Gasteiger partial charge in [-0.1, -0.05) is 18.1 Å². The van der Waals surface area contributed by atoms with Crippen LogP contribution in [0.25, 0.3) is 22.8 Å². The number of rotatable bonds is 6. The maximum absolute atomic E-state index is 9.75. The molecule has 4 aromatic rings. The van der Waals surface area contributed by atoms with Crippen LogP contribution in [-0.2, 0) is 0 Å². The van der Waals surface area contributed by atoms with Crippen molar-refractivity contribution in [2.24, 2.45) is 4.99 Å². The molecule has 0 spiro atoms. The Morgan fingerprint density at radius 2 is 1.86 bits per heavy atom. The lowest BCUT2D eigenvalue weighted by molar-refractivity contribution is 0.370. The standard InChI is InChI=1S/C23H14N2O4/c1-2-10-26-17-7-3-6-16(13-17)15-25-23-18(14-24)21(19-8-4-11-27-19)22(29-23)20-9-5-12-28-20/h1,3-9,11-13,15H,10H2.